The molecule has 1 N–H and O–H groups in total. The molecule has 1 aromatic carbocycles. The summed E-state index contributed by atoms with van der Waals surface area (Å²) in [6.07, 6.45) is 0.261. The van der Waals surface area contributed by atoms with E-state index in [4.69, 9.17) is 9.47 Å². The van der Waals surface area contributed by atoms with E-state index in [-0.39, 0.29) is 18.2 Å². The van der Waals surface area contributed by atoms with E-state index in [1.807, 2.05) is 30.5 Å². The molecule has 140 valence electrons. The minimum atomic E-state index is -0.151. The summed E-state index contributed by atoms with van der Waals surface area (Å²) in [6, 6.07) is 7.37. The van der Waals surface area contributed by atoms with Crippen molar-refractivity contribution in [2.75, 3.05) is 27.3 Å². The molecule has 0 aliphatic heterocycles. The highest BCUT2D eigenvalue weighted by atomic mass is 32.1. The predicted octanol–water partition coefficient (Wildman–Crippen LogP) is 2.93. The normalized spacial score (nSPS) is 10.3. The van der Waals surface area contributed by atoms with Gasteiger partial charge in [0.15, 0.2) is 11.5 Å². The summed E-state index contributed by atoms with van der Waals surface area (Å²) in [5.74, 6) is 1.13. The van der Waals surface area contributed by atoms with Crippen LogP contribution in [0.15, 0.2) is 35.0 Å². The summed E-state index contributed by atoms with van der Waals surface area (Å²) >= 11 is 1.47. The van der Waals surface area contributed by atoms with E-state index < -0.39 is 0 Å². The van der Waals surface area contributed by atoms with E-state index in [1.165, 1.54) is 11.3 Å². The number of methoxy groups -OCH3 is 2. The Morgan fingerprint density at radius 3 is 2.54 bits per heavy atom. The summed E-state index contributed by atoms with van der Waals surface area (Å²) in [5.41, 5.74) is 1.58. The first-order valence-corrected chi connectivity index (χ1v) is 9.32. The number of benzene rings is 1. The summed E-state index contributed by atoms with van der Waals surface area (Å²) in [6.45, 7) is 3.32. The van der Waals surface area contributed by atoms with E-state index in [0.29, 0.717) is 36.7 Å². The van der Waals surface area contributed by atoms with Gasteiger partial charge in [-0.1, -0.05) is 6.07 Å². The molecular weight excluding hydrogens is 352 g/mol. The van der Waals surface area contributed by atoms with Crippen molar-refractivity contribution in [1.29, 1.82) is 0 Å². The van der Waals surface area contributed by atoms with Gasteiger partial charge in [0, 0.05) is 37.0 Å². The second-order valence-corrected chi connectivity index (χ2v) is 6.40. The van der Waals surface area contributed by atoms with Crippen LogP contribution in [-0.2, 0) is 11.3 Å². The first-order chi connectivity index (χ1) is 12.6. The lowest BCUT2D eigenvalue weighted by Gasteiger charge is -2.21. The number of nitrogens with zero attached hydrogens (tertiary/aromatic N) is 1. The summed E-state index contributed by atoms with van der Waals surface area (Å²) < 4.78 is 10.5. The Kier molecular flexibility index (Phi) is 7.47. The van der Waals surface area contributed by atoms with Gasteiger partial charge in [0.1, 0.15) is 0 Å². The minimum Gasteiger partial charge on any atom is -0.493 e. The zero-order valence-corrected chi connectivity index (χ0v) is 16.1. The van der Waals surface area contributed by atoms with Gasteiger partial charge in [-0.3, -0.25) is 9.59 Å². The van der Waals surface area contributed by atoms with Crippen molar-refractivity contribution in [3.05, 3.63) is 46.2 Å². The van der Waals surface area contributed by atoms with E-state index in [9.17, 15) is 9.59 Å². The van der Waals surface area contributed by atoms with Gasteiger partial charge in [-0.25, -0.2) is 0 Å². The minimum absolute atomic E-state index is 0.00657. The van der Waals surface area contributed by atoms with E-state index in [0.717, 1.165) is 5.56 Å². The SMILES string of the molecule is CCN(Cc1ccc(OC)c(OC)c1)C(=O)CCNC(=O)c1ccsc1. The molecule has 1 heterocycles. The van der Waals surface area contributed by atoms with E-state index in [1.54, 1.807) is 30.6 Å². The van der Waals surface area contributed by atoms with Crippen LogP contribution < -0.4 is 14.8 Å². The van der Waals surface area contributed by atoms with E-state index >= 15 is 0 Å². The molecule has 0 radical (unpaired) electrons. The van der Waals surface area contributed by atoms with Crippen LogP contribution in [0.1, 0.15) is 29.3 Å². The second-order valence-electron chi connectivity index (χ2n) is 5.62. The lowest BCUT2D eigenvalue weighted by Crippen LogP contribution is -2.34. The van der Waals surface area contributed by atoms with Gasteiger partial charge >= 0.3 is 0 Å². The van der Waals surface area contributed by atoms with Crippen LogP contribution in [0.4, 0.5) is 0 Å². The van der Waals surface area contributed by atoms with Gasteiger partial charge in [-0.2, -0.15) is 11.3 Å². The smallest absolute Gasteiger partial charge is 0.252 e. The van der Waals surface area contributed by atoms with Gasteiger partial charge in [0.2, 0.25) is 5.91 Å². The molecule has 0 bridgehead atoms. The molecule has 26 heavy (non-hydrogen) atoms. The predicted molar refractivity (Wildman–Crippen MR) is 102 cm³/mol. The number of hydrogen-bond acceptors (Lipinski definition) is 5. The third-order valence-electron chi connectivity index (χ3n) is 3.96. The van der Waals surface area contributed by atoms with Crippen LogP contribution in [-0.4, -0.2) is 44.0 Å². The number of nitrogens with one attached hydrogen (secondary N) is 1. The lowest BCUT2D eigenvalue weighted by molar-refractivity contribution is -0.131. The molecule has 2 rings (SSSR count). The van der Waals surface area contributed by atoms with Crippen LogP contribution in [0.2, 0.25) is 0 Å². The van der Waals surface area contributed by atoms with Gasteiger partial charge in [-0.15, -0.1) is 0 Å². The lowest BCUT2D eigenvalue weighted by atomic mass is 10.1. The van der Waals surface area contributed by atoms with Crippen molar-refractivity contribution in [3.8, 4) is 11.5 Å². The van der Waals surface area contributed by atoms with Gasteiger partial charge in [0.05, 0.1) is 14.2 Å². The number of carbonyl (C=O) groups is 2. The zero-order chi connectivity index (χ0) is 18.9. The van der Waals surface area contributed by atoms with Gasteiger partial charge in [0.25, 0.3) is 5.91 Å². The fourth-order valence-corrected chi connectivity index (χ4v) is 3.15. The van der Waals surface area contributed by atoms with Crippen molar-refractivity contribution in [3.63, 3.8) is 0 Å². The zero-order valence-electron chi connectivity index (χ0n) is 15.3. The van der Waals surface area contributed by atoms with E-state index in [2.05, 4.69) is 5.32 Å². The van der Waals surface area contributed by atoms with Crippen LogP contribution in [0.25, 0.3) is 0 Å². The second kappa shape index (κ2) is 9.82. The molecule has 2 aromatic rings. The molecule has 1 aromatic heterocycles. The topological polar surface area (TPSA) is 67.9 Å². The summed E-state index contributed by atoms with van der Waals surface area (Å²) in [4.78, 5) is 26.1. The summed E-state index contributed by atoms with van der Waals surface area (Å²) in [5, 5.41) is 6.41. The van der Waals surface area contributed by atoms with Crippen molar-refractivity contribution in [2.45, 2.75) is 19.9 Å². The molecule has 0 aliphatic carbocycles. The maximum Gasteiger partial charge on any atom is 0.252 e. The highest BCUT2D eigenvalue weighted by Crippen LogP contribution is 2.28. The maximum absolute atomic E-state index is 12.4. The van der Waals surface area contributed by atoms with Crippen LogP contribution in [0.5, 0.6) is 11.5 Å². The molecule has 2 amide bonds. The number of ether oxygens (including phenoxy) is 2. The molecule has 7 heteroatoms. The fourth-order valence-electron chi connectivity index (χ4n) is 2.51. The standard InChI is InChI=1S/C19H24N2O4S/c1-4-21(12-14-5-6-16(24-2)17(11-14)25-3)18(22)7-9-20-19(23)15-8-10-26-13-15/h5-6,8,10-11,13H,4,7,9,12H2,1-3H3,(H,20,23). The Balaban J connectivity index is 1.89. The number of amides is 2. The first-order valence-electron chi connectivity index (χ1n) is 8.38. The van der Waals surface area contributed by atoms with Crippen molar-refractivity contribution < 1.29 is 19.1 Å². The number of hydrogen-bond donors (Lipinski definition) is 1. The van der Waals surface area contributed by atoms with Crippen LogP contribution >= 0.6 is 11.3 Å². The van der Waals surface area contributed by atoms with Crippen molar-refractivity contribution in [2.24, 2.45) is 0 Å². The highest BCUT2D eigenvalue weighted by Gasteiger charge is 2.14. The molecule has 0 aliphatic rings. The van der Waals surface area contributed by atoms with Crippen molar-refractivity contribution in [1.82, 2.24) is 10.2 Å². The number of rotatable bonds is 9. The average Bonchev–Trinajstić information content (AvgIpc) is 3.20. The molecule has 6 nitrogen and oxygen atoms in total. The fraction of sp³-hybridized carbons (Fsp3) is 0.368. The van der Waals surface area contributed by atoms with Crippen LogP contribution in [0, 0.1) is 0 Å². The molecule has 0 saturated carbocycles. The Morgan fingerprint density at radius 1 is 1.15 bits per heavy atom. The highest BCUT2D eigenvalue weighted by molar-refractivity contribution is 7.08. The first kappa shape index (κ1) is 19.8. The molecule has 0 fully saturated rings. The molecule has 0 unspecified atom stereocenters. The quantitative estimate of drug-likeness (QED) is 0.731. The summed E-state index contributed by atoms with van der Waals surface area (Å²) in [7, 11) is 3.17. The Bertz CT molecular complexity index is 731. The largest absolute Gasteiger partial charge is 0.493 e. The number of carbonyl (C=O) groups excluding carboxylic acids is 2. The number of thiophene rings is 1. The van der Waals surface area contributed by atoms with Crippen molar-refractivity contribution >= 4 is 23.2 Å². The average molecular weight is 376 g/mol. The Hall–Kier alpha value is -2.54. The Labute approximate surface area is 157 Å². The molecule has 0 atom stereocenters. The third-order valence-corrected chi connectivity index (χ3v) is 4.65. The van der Waals surface area contributed by atoms with Gasteiger partial charge in [-0.05, 0) is 36.1 Å². The molecule has 0 spiro atoms. The maximum atomic E-state index is 12.4. The molecule has 0 saturated heterocycles. The molecular formula is C19H24N2O4S. The Morgan fingerprint density at radius 2 is 1.92 bits per heavy atom. The van der Waals surface area contributed by atoms with Gasteiger partial charge < -0.3 is 19.7 Å². The monoisotopic (exact) mass is 376 g/mol. The van der Waals surface area contributed by atoms with Crippen LogP contribution in [0.3, 0.4) is 0 Å². The third kappa shape index (κ3) is 5.23.